The standard InChI is InChI=1S/C18H22.C3H8O2S/c1-2-3-4-6-9-16-12-14-18(15-13-16)17-10-7-5-8-11-17;1-3(2)6(4)5/h5,7-8,10-15H,2-4,6,9H2,1H3;3H,1-2H3,(H,4,5)/p-1. The van der Waals surface area contributed by atoms with Gasteiger partial charge in [-0.1, -0.05) is 106 Å². The molecule has 2 aromatic carbocycles. The monoisotopic (exact) mass is 345 g/mol. The molecular weight excluding hydrogens is 316 g/mol. The van der Waals surface area contributed by atoms with Crippen molar-refractivity contribution in [2.24, 2.45) is 0 Å². The molecule has 0 N–H and O–H groups in total. The Hall–Kier alpha value is -1.45. The van der Waals surface area contributed by atoms with Crippen molar-refractivity contribution in [3.8, 4) is 11.1 Å². The lowest BCUT2D eigenvalue weighted by Gasteiger charge is -2.05. The fraction of sp³-hybridized carbons (Fsp3) is 0.429. The minimum Gasteiger partial charge on any atom is -0.772 e. The van der Waals surface area contributed by atoms with E-state index in [0.717, 1.165) is 0 Å². The molecule has 0 heterocycles. The molecule has 0 aliphatic rings. The Morgan fingerprint density at radius 3 is 1.92 bits per heavy atom. The first-order valence-corrected chi connectivity index (χ1v) is 9.90. The normalized spacial score (nSPS) is 11.7. The fourth-order valence-electron chi connectivity index (χ4n) is 2.25. The molecule has 132 valence electrons. The smallest absolute Gasteiger partial charge is 0.0159 e. The van der Waals surface area contributed by atoms with Crippen LogP contribution in [0.15, 0.2) is 54.6 Å². The van der Waals surface area contributed by atoms with Gasteiger partial charge in [-0.25, -0.2) is 0 Å². The van der Waals surface area contributed by atoms with Crippen LogP contribution in [0.1, 0.15) is 52.0 Å². The molecule has 2 aromatic rings. The molecule has 2 rings (SSSR count). The van der Waals surface area contributed by atoms with Gasteiger partial charge in [0.05, 0.1) is 0 Å². The van der Waals surface area contributed by atoms with Crippen molar-refractivity contribution in [3.63, 3.8) is 0 Å². The second-order valence-electron chi connectivity index (χ2n) is 6.18. The number of hydrogen-bond acceptors (Lipinski definition) is 2. The summed E-state index contributed by atoms with van der Waals surface area (Å²) in [5.74, 6) is 0. The van der Waals surface area contributed by atoms with Crippen molar-refractivity contribution in [1.29, 1.82) is 0 Å². The molecule has 2 nitrogen and oxygen atoms in total. The van der Waals surface area contributed by atoms with Gasteiger partial charge in [-0.3, -0.25) is 4.21 Å². The number of rotatable bonds is 7. The summed E-state index contributed by atoms with van der Waals surface area (Å²) in [6.07, 6.45) is 6.57. The van der Waals surface area contributed by atoms with Crippen molar-refractivity contribution < 1.29 is 8.76 Å². The van der Waals surface area contributed by atoms with E-state index in [4.69, 9.17) is 0 Å². The lowest BCUT2D eigenvalue weighted by molar-refractivity contribution is 0.528. The fourth-order valence-corrected chi connectivity index (χ4v) is 2.25. The van der Waals surface area contributed by atoms with Crippen molar-refractivity contribution in [1.82, 2.24) is 0 Å². The first kappa shape index (κ1) is 20.6. The molecule has 0 saturated heterocycles. The van der Waals surface area contributed by atoms with Gasteiger partial charge in [-0.15, -0.1) is 0 Å². The third-order valence-corrected chi connectivity index (χ3v) is 4.53. The summed E-state index contributed by atoms with van der Waals surface area (Å²) in [6, 6.07) is 19.6. The van der Waals surface area contributed by atoms with Crippen LogP contribution in [0.5, 0.6) is 0 Å². The molecule has 0 aromatic heterocycles. The molecule has 0 bridgehead atoms. The van der Waals surface area contributed by atoms with Gasteiger partial charge in [0.2, 0.25) is 0 Å². The summed E-state index contributed by atoms with van der Waals surface area (Å²) in [4.78, 5) is 0. The highest BCUT2D eigenvalue weighted by Gasteiger charge is 1.97. The predicted octanol–water partition coefficient (Wildman–Crippen LogP) is 5.75. The van der Waals surface area contributed by atoms with Gasteiger partial charge in [-0.05, 0) is 29.5 Å². The number of hydrogen-bond donors (Lipinski definition) is 0. The zero-order valence-electron chi connectivity index (χ0n) is 15.0. The SMILES string of the molecule is CC(C)S(=O)[O-].CCCCCCc1ccc(-c2ccccc2)cc1. The molecule has 0 fully saturated rings. The number of unbranched alkanes of at least 4 members (excludes halogenated alkanes) is 3. The van der Waals surface area contributed by atoms with Crippen LogP contribution in [0.4, 0.5) is 0 Å². The van der Waals surface area contributed by atoms with E-state index < -0.39 is 11.1 Å². The molecule has 0 saturated carbocycles. The summed E-state index contributed by atoms with van der Waals surface area (Å²) < 4.78 is 19.4. The molecule has 0 radical (unpaired) electrons. The molecule has 0 aliphatic carbocycles. The van der Waals surface area contributed by atoms with Crippen molar-refractivity contribution in [2.75, 3.05) is 0 Å². The molecule has 1 unspecified atom stereocenters. The van der Waals surface area contributed by atoms with Gasteiger partial charge in [0.1, 0.15) is 0 Å². The Balaban J connectivity index is 0.000000413. The van der Waals surface area contributed by atoms with E-state index in [9.17, 15) is 8.76 Å². The van der Waals surface area contributed by atoms with Crippen molar-refractivity contribution in [2.45, 2.75) is 58.1 Å². The third-order valence-electron chi connectivity index (χ3n) is 3.76. The second kappa shape index (κ2) is 12.0. The highest BCUT2D eigenvalue weighted by Crippen LogP contribution is 2.20. The summed E-state index contributed by atoms with van der Waals surface area (Å²) in [7, 11) is 0. The van der Waals surface area contributed by atoms with Crippen LogP contribution in [0.25, 0.3) is 11.1 Å². The van der Waals surface area contributed by atoms with Gasteiger partial charge in [0.15, 0.2) is 0 Å². The second-order valence-corrected chi connectivity index (χ2v) is 7.65. The Morgan fingerprint density at radius 1 is 0.875 bits per heavy atom. The van der Waals surface area contributed by atoms with Gasteiger partial charge >= 0.3 is 0 Å². The molecule has 1 atom stereocenters. The maximum atomic E-state index is 9.70. The van der Waals surface area contributed by atoms with Crippen LogP contribution in [-0.2, 0) is 17.5 Å². The first-order valence-electron chi connectivity index (χ1n) is 8.77. The lowest BCUT2D eigenvalue weighted by atomic mass is 10.0. The van der Waals surface area contributed by atoms with Crippen molar-refractivity contribution >= 4 is 11.1 Å². The predicted molar refractivity (Wildman–Crippen MR) is 104 cm³/mol. The van der Waals surface area contributed by atoms with Crippen LogP contribution < -0.4 is 0 Å². The first-order chi connectivity index (χ1) is 11.5. The highest BCUT2D eigenvalue weighted by atomic mass is 32.2. The van der Waals surface area contributed by atoms with E-state index in [1.807, 2.05) is 0 Å². The van der Waals surface area contributed by atoms with Crippen LogP contribution in [0.2, 0.25) is 0 Å². The summed E-state index contributed by atoms with van der Waals surface area (Å²) >= 11 is -1.87. The molecule has 0 spiro atoms. The van der Waals surface area contributed by atoms with E-state index >= 15 is 0 Å². The molecular formula is C21H29O2S-. The quantitative estimate of drug-likeness (QED) is 0.473. The van der Waals surface area contributed by atoms with E-state index in [2.05, 4.69) is 61.5 Å². The molecule has 0 aliphatic heterocycles. The van der Waals surface area contributed by atoms with E-state index in [0.29, 0.717) is 0 Å². The Bertz CT molecular complexity index is 577. The molecule has 24 heavy (non-hydrogen) atoms. The largest absolute Gasteiger partial charge is 0.772 e. The maximum absolute atomic E-state index is 9.70. The zero-order valence-corrected chi connectivity index (χ0v) is 15.9. The lowest BCUT2D eigenvalue weighted by Crippen LogP contribution is -2.02. The average Bonchev–Trinajstić information content (AvgIpc) is 2.60. The highest BCUT2D eigenvalue weighted by molar-refractivity contribution is 7.79. The van der Waals surface area contributed by atoms with E-state index in [1.54, 1.807) is 13.8 Å². The van der Waals surface area contributed by atoms with E-state index in [-0.39, 0.29) is 5.25 Å². The van der Waals surface area contributed by atoms with Gasteiger partial charge < -0.3 is 4.55 Å². The molecule has 0 amide bonds. The van der Waals surface area contributed by atoms with Crippen LogP contribution >= 0.6 is 0 Å². The maximum Gasteiger partial charge on any atom is 0.0159 e. The van der Waals surface area contributed by atoms with Crippen LogP contribution in [0, 0.1) is 0 Å². The summed E-state index contributed by atoms with van der Waals surface area (Å²) in [5.41, 5.74) is 4.08. The number of benzene rings is 2. The number of aryl methyl sites for hydroxylation is 1. The minimum absolute atomic E-state index is 0.231. The molecule has 3 heteroatoms. The Morgan fingerprint density at radius 2 is 1.42 bits per heavy atom. The zero-order chi connectivity index (χ0) is 17.8. The minimum atomic E-state index is -1.87. The van der Waals surface area contributed by atoms with Gasteiger partial charge in [0.25, 0.3) is 0 Å². The third kappa shape index (κ3) is 8.42. The summed E-state index contributed by atoms with van der Waals surface area (Å²) in [6.45, 7) is 5.51. The Labute approximate surface area is 149 Å². The average molecular weight is 346 g/mol. The van der Waals surface area contributed by atoms with E-state index in [1.165, 1.54) is 48.8 Å². The summed E-state index contributed by atoms with van der Waals surface area (Å²) in [5, 5.41) is -0.231. The topological polar surface area (TPSA) is 40.1 Å². The van der Waals surface area contributed by atoms with Gasteiger partial charge in [0, 0.05) is 5.25 Å². The van der Waals surface area contributed by atoms with Crippen LogP contribution in [0.3, 0.4) is 0 Å². The van der Waals surface area contributed by atoms with Gasteiger partial charge in [-0.2, -0.15) is 0 Å². The van der Waals surface area contributed by atoms with Crippen LogP contribution in [-0.4, -0.2) is 14.0 Å². The van der Waals surface area contributed by atoms with Crippen molar-refractivity contribution in [3.05, 3.63) is 60.2 Å². The Kier molecular flexibility index (Phi) is 10.3.